The smallest absolute Gasteiger partial charge is 0.0808 e. The maximum Gasteiger partial charge on any atom is 0.0808 e. The zero-order valence-corrected chi connectivity index (χ0v) is 13.1. The second kappa shape index (κ2) is 4.57. The Morgan fingerprint density at radius 1 is 1.16 bits per heavy atom. The lowest BCUT2D eigenvalue weighted by molar-refractivity contribution is -0.133. The van der Waals surface area contributed by atoms with Gasteiger partial charge in [0, 0.05) is 18.8 Å². The van der Waals surface area contributed by atoms with Gasteiger partial charge in [-0.1, -0.05) is 11.6 Å². The van der Waals surface area contributed by atoms with Gasteiger partial charge in [-0.05, 0) is 52.3 Å². The zero-order valence-electron chi connectivity index (χ0n) is 12.4. The minimum atomic E-state index is -0.179. The maximum atomic E-state index is 6.16. The number of hydrogen-bond donors (Lipinski definition) is 1. The predicted octanol–water partition coefficient (Wildman–Crippen LogP) is 3.62. The van der Waals surface area contributed by atoms with E-state index in [0.29, 0.717) is 10.7 Å². The van der Waals surface area contributed by atoms with Gasteiger partial charge >= 0.3 is 0 Å². The van der Waals surface area contributed by atoms with Crippen molar-refractivity contribution in [2.24, 2.45) is 0 Å². The summed E-state index contributed by atoms with van der Waals surface area (Å²) in [6.45, 7) is 12.2. The summed E-state index contributed by atoms with van der Waals surface area (Å²) < 4.78 is 6.11. The summed E-state index contributed by atoms with van der Waals surface area (Å²) in [6, 6.07) is 3.90. The molecule has 0 bridgehead atoms. The molecule has 1 aromatic carbocycles. The number of nitrogen functional groups attached to an aromatic ring is 1. The number of rotatable bonds is 1. The molecule has 1 aliphatic rings. The third-order valence-corrected chi connectivity index (χ3v) is 3.68. The molecule has 1 aliphatic heterocycles. The maximum absolute atomic E-state index is 6.16. The van der Waals surface area contributed by atoms with Crippen molar-refractivity contribution in [3.05, 3.63) is 22.7 Å². The summed E-state index contributed by atoms with van der Waals surface area (Å²) in [6.07, 6.45) is 0. The number of nitrogens with two attached hydrogens (primary N) is 1. The van der Waals surface area contributed by atoms with Crippen LogP contribution in [0.4, 0.5) is 11.4 Å². The van der Waals surface area contributed by atoms with Gasteiger partial charge in [0.1, 0.15) is 0 Å². The Labute approximate surface area is 120 Å². The van der Waals surface area contributed by atoms with Crippen molar-refractivity contribution in [1.82, 2.24) is 0 Å². The highest BCUT2D eigenvalue weighted by Crippen LogP contribution is 2.35. The molecule has 0 aliphatic carbocycles. The Morgan fingerprint density at radius 3 is 2.21 bits per heavy atom. The number of hydrogen-bond acceptors (Lipinski definition) is 3. The van der Waals surface area contributed by atoms with E-state index in [1.54, 1.807) is 0 Å². The van der Waals surface area contributed by atoms with Crippen molar-refractivity contribution in [3.8, 4) is 0 Å². The first kappa shape index (κ1) is 14.5. The fourth-order valence-corrected chi connectivity index (χ4v) is 3.15. The topological polar surface area (TPSA) is 38.5 Å². The van der Waals surface area contributed by atoms with Crippen molar-refractivity contribution in [1.29, 1.82) is 0 Å². The first-order valence-electron chi connectivity index (χ1n) is 6.60. The van der Waals surface area contributed by atoms with Crippen LogP contribution in [0.2, 0.25) is 5.02 Å². The third kappa shape index (κ3) is 3.15. The summed E-state index contributed by atoms with van der Waals surface area (Å²) >= 11 is 6.16. The molecule has 0 amide bonds. The van der Waals surface area contributed by atoms with E-state index in [-0.39, 0.29) is 11.2 Å². The third-order valence-electron chi connectivity index (χ3n) is 3.35. The van der Waals surface area contributed by atoms with Crippen LogP contribution in [0.25, 0.3) is 0 Å². The average Bonchev–Trinajstić information content (AvgIpc) is 2.18. The Bertz CT molecular complexity index is 481. The fourth-order valence-electron chi connectivity index (χ4n) is 2.99. The molecule has 1 heterocycles. The monoisotopic (exact) mass is 282 g/mol. The Balaban J connectivity index is 2.39. The van der Waals surface area contributed by atoms with Crippen molar-refractivity contribution in [3.63, 3.8) is 0 Å². The van der Waals surface area contributed by atoms with E-state index in [2.05, 4.69) is 39.5 Å². The summed E-state index contributed by atoms with van der Waals surface area (Å²) in [5.74, 6) is 0. The van der Waals surface area contributed by atoms with E-state index in [4.69, 9.17) is 22.1 Å². The normalized spacial score (nSPS) is 21.5. The molecular formula is C15H23ClN2O. The van der Waals surface area contributed by atoms with Gasteiger partial charge in [0.15, 0.2) is 0 Å². The second-order valence-corrected chi connectivity index (χ2v) is 7.04. The van der Waals surface area contributed by atoms with E-state index < -0.39 is 0 Å². The molecule has 2 rings (SSSR count). The highest BCUT2D eigenvalue weighted by molar-refractivity contribution is 6.33. The highest BCUT2D eigenvalue weighted by atomic mass is 35.5. The number of benzene rings is 1. The molecule has 0 unspecified atom stereocenters. The lowest BCUT2D eigenvalue weighted by Gasteiger charge is -2.48. The molecule has 106 valence electrons. The molecule has 19 heavy (non-hydrogen) atoms. The van der Waals surface area contributed by atoms with Gasteiger partial charge in [-0.3, -0.25) is 0 Å². The molecular weight excluding hydrogens is 260 g/mol. The number of aryl methyl sites for hydroxylation is 1. The molecule has 3 nitrogen and oxygen atoms in total. The predicted molar refractivity (Wildman–Crippen MR) is 82.1 cm³/mol. The molecule has 1 saturated heterocycles. The van der Waals surface area contributed by atoms with Crippen LogP contribution in [-0.2, 0) is 4.74 Å². The Morgan fingerprint density at radius 2 is 1.68 bits per heavy atom. The summed E-state index contributed by atoms with van der Waals surface area (Å²) in [7, 11) is 0. The lowest BCUT2D eigenvalue weighted by Crippen LogP contribution is -2.57. The van der Waals surface area contributed by atoms with Crippen LogP contribution >= 0.6 is 11.6 Å². The number of anilines is 2. The first-order chi connectivity index (χ1) is 8.60. The Kier molecular flexibility index (Phi) is 3.48. The van der Waals surface area contributed by atoms with E-state index in [9.17, 15) is 0 Å². The lowest BCUT2D eigenvalue weighted by atomic mass is 9.97. The highest BCUT2D eigenvalue weighted by Gasteiger charge is 2.38. The van der Waals surface area contributed by atoms with E-state index in [0.717, 1.165) is 24.3 Å². The van der Waals surface area contributed by atoms with Crippen molar-refractivity contribution in [2.75, 3.05) is 23.7 Å². The van der Waals surface area contributed by atoms with Crippen molar-refractivity contribution < 1.29 is 4.74 Å². The number of nitrogens with zero attached hydrogens (tertiary/aromatic N) is 1. The molecule has 0 radical (unpaired) electrons. The largest absolute Gasteiger partial charge is 0.398 e. The van der Waals surface area contributed by atoms with Crippen molar-refractivity contribution >= 4 is 23.0 Å². The van der Waals surface area contributed by atoms with Crippen molar-refractivity contribution in [2.45, 2.75) is 45.8 Å². The standard InChI is InChI=1S/C15H23ClN2O/c1-10-6-12(17)11(16)7-13(10)18-8-14(2,3)19-15(4,5)9-18/h6-7H,8-9,17H2,1-5H3. The minimum Gasteiger partial charge on any atom is -0.398 e. The van der Waals surface area contributed by atoms with Crippen LogP contribution in [0.5, 0.6) is 0 Å². The molecule has 2 N–H and O–H groups in total. The second-order valence-electron chi connectivity index (χ2n) is 6.64. The molecule has 0 atom stereocenters. The van der Waals surface area contributed by atoms with Gasteiger partial charge in [-0.15, -0.1) is 0 Å². The summed E-state index contributed by atoms with van der Waals surface area (Å²) in [4.78, 5) is 2.34. The zero-order chi connectivity index (χ0) is 14.4. The fraction of sp³-hybridized carbons (Fsp3) is 0.600. The van der Waals surface area contributed by atoms with Gasteiger partial charge < -0.3 is 15.4 Å². The first-order valence-corrected chi connectivity index (χ1v) is 6.98. The van der Waals surface area contributed by atoms with E-state index in [1.807, 2.05) is 12.1 Å². The van der Waals surface area contributed by atoms with Crippen LogP contribution < -0.4 is 10.6 Å². The van der Waals surface area contributed by atoms with Gasteiger partial charge in [0.25, 0.3) is 0 Å². The summed E-state index contributed by atoms with van der Waals surface area (Å²) in [5, 5.41) is 0.614. The molecule has 1 aromatic rings. The number of ether oxygens (including phenoxy) is 1. The number of halogens is 1. The molecule has 0 saturated carbocycles. The summed E-state index contributed by atoms with van der Waals surface area (Å²) in [5.41, 5.74) is 8.42. The quantitative estimate of drug-likeness (QED) is 0.800. The van der Waals surface area contributed by atoms with E-state index in [1.165, 1.54) is 0 Å². The molecule has 1 fully saturated rings. The van der Waals surface area contributed by atoms with Gasteiger partial charge in [-0.25, -0.2) is 0 Å². The van der Waals surface area contributed by atoms with Crippen LogP contribution in [0.15, 0.2) is 12.1 Å². The van der Waals surface area contributed by atoms with Crippen LogP contribution in [0.1, 0.15) is 33.3 Å². The average molecular weight is 283 g/mol. The molecule has 0 spiro atoms. The van der Waals surface area contributed by atoms with Gasteiger partial charge in [0.05, 0.1) is 21.9 Å². The molecule has 4 heteroatoms. The van der Waals surface area contributed by atoms with Crippen LogP contribution in [0.3, 0.4) is 0 Å². The van der Waals surface area contributed by atoms with Crippen LogP contribution in [0, 0.1) is 6.92 Å². The van der Waals surface area contributed by atoms with Gasteiger partial charge in [0.2, 0.25) is 0 Å². The number of morpholine rings is 1. The van der Waals surface area contributed by atoms with Gasteiger partial charge in [-0.2, -0.15) is 0 Å². The Hall–Kier alpha value is -0.930. The van der Waals surface area contributed by atoms with Crippen LogP contribution in [-0.4, -0.2) is 24.3 Å². The SMILES string of the molecule is Cc1cc(N)c(Cl)cc1N1CC(C)(C)OC(C)(C)C1. The minimum absolute atomic E-state index is 0.179. The molecule has 0 aromatic heterocycles. The van der Waals surface area contributed by atoms with E-state index >= 15 is 0 Å².